The second-order valence-electron chi connectivity index (χ2n) is 20.8. The number of fused-ring (bicyclic) bond motifs is 2. The lowest BCUT2D eigenvalue weighted by Crippen LogP contribution is -2.62. The van der Waals surface area contributed by atoms with Gasteiger partial charge < -0.3 is 62.1 Å². The standard InChI is InChI=1S/C54H70N12O8/c1-31(55-3)47(67)61-43-29-63(25-23-37-19-21-45(65(37)51(43)71)49(69)59-41-27-39(41)33-11-7-5-8-12-33)53(73)57-35-15-17-36(18-16-35)58-54(74)64-26-24-38-20-22-46(50(70)60-42-28-40(42)34-13-9-6-10-14-34)66(38)52(72)44(30-64)62-48(68)32(2)56-4/h5-18,31-32,37-46,55-56H,19-30H2,1-4H3,(H,57,73)(H,58,74)(H,59,69)(H,60,70)(H,61,67)(H,62,68)/t31-,32-,37+,38+,39+,40+,41+,42+,43-,44+,45-,46-/m0/s1. The molecular formula is C54H70N12O8. The number of nitrogens with one attached hydrogen (secondary N) is 8. The van der Waals surface area contributed by atoms with Gasteiger partial charge in [-0.1, -0.05) is 60.7 Å². The SMILES string of the molecule is CN[C@@H](C)C(=O)N[C@H]1CN(C(=O)Nc2ccc(NC(=O)N3CC[C@H]4CC[C@@H](C(=O)N[C@@H]5C[C@@H]5c5ccccc5)N4C(=O)[C@H](NC(=O)[C@H](C)NC)C3)cc2)CC[C@H]2CC[C@@H](C(=O)N[C@@H]3C[C@@H]3c3ccccc3)N2C1=O. The monoisotopic (exact) mass is 1010 g/mol. The molecule has 9 rings (SSSR count). The van der Waals surface area contributed by atoms with E-state index in [1.807, 2.05) is 36.4 Å². The molecule has 4 aliphatic heterocycles. The van der Waals surface area contributed by atoms with Crippen LogP contribution in [0.3, 0.4) is 0 Å². The first-order valence-corrected chi connectivity index (χ1v) is 26.2. The Morgan fingerprint density at radius 2 is 0.878 bits per heavy atom. The molecule has 4 saturated heterocycles. The average Bonchev–Trinajstić information content (AvgIpc) is 4.27. The molecule has 394 valence electrons. The fraction of sp³-hybridized carbons (Fsp3) is 0.519. The van der Waals surface area contributed by atoms with Gasteiger partial charge in [-0.3, -0.25) is 28.8 Å². The number of nitrogens with zero attached hydrogens (tertiary/aromatic N) is 4. The van der Waals surface area contributed by atoms with Crippen LogP contribution in [0, 0.1) is 0 Å². The Labute approximate surface area is 431 Å². The molecule has 0 spiro atoms. The number of hydrogen-bond donors (Lipinski definition) is 8. The molecule has 20 heteroatoms. The highest BCUT2D eigenvalue weighted by Gasteiger charge is 2.50. The number of rotatable bonds is 14. The van der Waals surface area contributed by atoms with Gasteiger partial charge in [0, 0.05) is 60.5 Å². The summed E-state index contributed by atoms with van der Waals surface area (Å²) in [5, 5.41) is 23.7. The van der Waals surface area contributed by atoms with Crippen molar-refractivity contribution >= 4 is 58.9 Å². The normalized spacial score (nSPS) is 28.2. The summed E-state index contributed by atoms with van der Waals surface area (Å²) in [7, 11) is 3.27. The molecule has 6 aliphatic rings. The van der Waals surface area contributed by atoms with Gasteiger partial charge in [0.1, 0.15) is 24.2 Å². The molecule has 8 N–H and O–H groups in total. The van der Waals surface area contributed by atoms with Crippen molar-refractivity contribution < 1.29 is 38.4 Å². The number of hydrogen-bond acceptors (Lipinski definition) is 10. The van der Waals surface area contributed by atoms with Crippen molar-refractivity contribution in [1.82, 2.24) is 51.5 Å². The first-order valence-electron chi connectivity index (χ1n) is 26.2. The zero-order chi connectivity index (χ0) is 52.2. The van der Waals surface area contributed by atoms with Crippen LogP contribution < -0.4 is 42.5 Å². The summed E-state index contributed by atoms with van der Waals surface area (Å²) >= 11 is 0. The maximum Gasteiger partial charge on any atom is 0.321 e. The first kappa shape index (κ1) is 51.8. The summed E-state index contributed by atoms with van der Waals surface area (Å²) in [4.78, 5) is 117. The van der Waals surface area contributed by atoms with Gasteiger partial charge in [-0.2, -0.15) is 0 Å². The molecule has 74 heavy (non-hydrogen) atoms. The number of carbonyl (C=O) groups is 8. The number of likely N-dealkylation sites (N-methyl/N-ethyl adjacent to an activating group) is 2. The van der Waals surface area contributed by atoms with Gasteiger partial charge in [0.15, 0.2) is 0 Å². The molecule has 2 aliphatic carbocycles. The molecule has 10 amide bonds. The lowest BCUT2D eigenvalue weighted by molar-refractivity contribution is -0.144. The predicted octanol–water partition coefficient (Wildman–Crippen LogP) is 2.41. The van der Waals surface area contributed by atoms with Crippen LogP contribution in [0.25, 0.3) is 0 Å². The Morgan fingerprint density at radius 1 is 0.500 bits per heavy atom. The van der Waals surface area contributed by atoms with Crippen LogP contribution in [0.5, 0.6) is 0 Å². The van der Waals surface area contributed by atoms with Crippen LogP contribution in [0.1, 0.15) is 88.2 Å². The smallest absolute Gasteiger partial charge is 0.321 e. The van der Waals surface area contributed by atoms with Crippen LogP contribution in [0.15, 0.2) is 84.9 Å². The molecule has 2 saturated carbocycles. The molecule has 4 heterocycles. The Morgan fingerprint density at radius 3 is 1.24 bits per heavy atom. The summed E-state index contributed by atoms with van der Waals surface area (Å²) in [5.74, 6) is -1.65. The van der Waals surface area contributed by atoms with Gasteiger partial charge in [0.25, 0.3) is 0 Å². The Balaban J connectivity index is 0.822. The van der Waals surface area contributed by atoms with E-state index >= 15 is 0 Å². The zero-order valence-corrected chi connectivity index (χ0v) is 42.6. The minimum Gasteiger partial charge on any atom is -0.351 e. The second kappa shape index (κ2) is 22.6. The van der Waals surface area contributed by atoms with Gasteiger partial charge in [0.2, 0.25) is 35.4 Å². The van der Waals surface area contributed by atoms with Crippen LogP contribution in [0.4, 0.5) is 21.0 Å². The van der Waals surface area contributed by atoms with Gasteiger partial charge in [-0.25, -0.2) is 9.59 Å². The van der Waals surface area contributed by atoms with E-state index in [1.54, 1.807) is 62.0 Å². The van der Waals surface area contributed by atoms with E-state index in [0.717, 1.165) is 24.0 Å². The van der Waals surface area contributed by atoms with E-state index in [1.165, 1.54) is 9.80 Å². The third-order valence-corrected chi connectivity index (χ3v) is 15.9. The predicted molar refractivity (Wildman–Crippen MR) is 277 cm³/mol. The molecular weight excluding hydrogens is 945 g/mol. The van der Waals surface area contributed by atoms with Crippen LogP contribution >= 0.6 is 0 Å². The minimum absolute atomic E-state index is 0.0155. The Bertz CT molecular complexity index is 2400. The molecule has 0 unspecified atom stereocenters. The van der Waals surface area contributed by atoms with Crippen LogP contribution in [-0.4, -0.2) is 168 Å². The third kappa shape index (κ3) is 11.7. The summed E-state index contributed by atoms with van der Waals surface area (Å²) in [6, 6.07) is 20.0. The summed E-state index contributed by atoms with van der Waals surface area (Å²) < 4.78 is 0. The van der Waals surface area contributed by atoms with Gasteiger partial charge in [-0.05, 0) is 115 Å². The summed E-state index contributed by atoms with van der Waals surface area (Å²) in [6.07, 6.45) is 4.59. The van der Waals surface area contributed by atoms with Crippen molar-refractivity contribution in [2.75, 3.05) is 50.9 Å². The molecule has 3 aromatic carbocycles. The largest absolute Gasteiger partial charge is 0.351 e. The average molecular weight is 1020 g/mol. The number of benzene rings is 3. The lowest BCUT2D eigenvalue weighted by Gasteiger charge is -2.39. The van der Waals surface area contributed by atoms with Crippen molar-refractivity contribution in [3.05, 3.63) is 96.1 Å². The molecule has 20 nitrogen and oxygen atoms in total. The second-order valence-corrected chi connectivity index (χ2v) is 20.8. The van der Waals surface area contributed by atoms with Gasteiger partial charge in [0.05, 0.1) is 25.2 Å². The number of urea groups is 2. The summed E-state index contributed by atoms with van der Waals surface area (Å²) in [5.41, 5.74) is 3.14. The van der Waals surface area contributed by atoms with Gasteiger partial charge in [-0.15, -0.1) is 0 Å². The molecule has 12 atom stereocenters. The van der Waals surface area contributed by atoms with Crippen molar-refractivity contribution in [1.29, 1.82) is 0 Å². The lowest BCUT2D eigenvalue weighted by atomic mass is 10.1. The highest BCUT2D eigenvalue weighted by Crippen LogP contribution is 2.42. The van der Waals surface area contributed by atoms with Crippen molar-refractivity contribution in [2.24, 2.45) is 0 Å². The van der Waals surface area contributed by atoms with Crippen LogP contribution in [-0.2, 0) is 28.8 Å². The highest BCUT2D eigenvalue weighted by molar-refractivity contribution is 5.97. The van der Waals surface area contributed by atoms with E-state index in [0.29, 0.717) is 49.9 Å². The maximum atomic E-state index is 14.5. The Hall–Kier alpha value is -7.06. The van der Waals surface area contributed by atoms with E-state index < -0.39 is 71.9 Å². The van der Waals surface area contributed by atoms with E-state index in [-0.39, 0.29) is 74.0 Å². The summed E-state index contributed by atoms with van der Waals surface area (Å²) in [6.45, 7) is 3.59. The molecule has 0 bridgehead atoms. The van der Waals surface area contributed by atoms with Crippen molar-refractivity contribution in [3.8, 4) is 0 Å². The van der Waals surface area contributed by atoms with Crippen molar-refractivity contribution in [2.45, 2.75) is 137 Å². The quantitative estimate of drug-likeness (QED) is 0.117. The molecule has 6 fully saturated rings. The Kier molecular flexibility index (Phi) is 15.8. The number of carbonyl (C=O) groups excluding carboxylic acids is 8. The number of anilines is 2. The number of amides is 10. The fourth-order valence-electron chi connectivity index (χ4n) is 11.1. The van der Waals surface area contributed by atoms with E-state index in [9.17, 15) is 38.4 Å². The van der Waals surface area contributed by atoms with E-state index in [4.69, 9.17) is 0 Å². The highest BCUT2D eigenvalue weighted by atomic mass is 16.2. The third-order valence-electron chi connectivity index (χ3n) is 15.9. The fourth-order valence-corrected chi connectivity index (χ4v) is 11.1. The van der Waals surface area contributed by atoms with E-state index in [2.05, 4.69) is 66.8 Å². The topological polar surface area (TPSA) is 246 Å². The maximum absolute atomic E-state index is 14.5. The molecule has 3 aromatic rings. The first-order chi connectivity index (χ1) is 35.7. The zero-order valence-electron chi connectivity index (χ0n) is 42.6. The molecule has 0 aromatic heterocycles. The van der Waals surface area contributed by atoms with Crippen LogP contribution in [0.2, 0.25) is 0 Å². The van der Waals surface area contributed by atoms with Crippen molar-refractivity contribution in [3.63, 3.8) is 0 Å². The molecule has 0 radical (unpaired) electrons. The van der Waals surface area contributed by atoms with Gasteiger partial charge >= 0.3 is 12.1 Å². The minimum atomic E-state index is -1.12.